The van der Waals surface area contributed by atoms with Crippen LogP contribution in [0.1, 0.15) is 128 Å². The minimum absolute atomic E-state index is 0.113. The van der Waals surface area contributed by atoms with Gasteiger partial charge in [-0.3, -0.25) is 0 Å². The Labute approximate surface area is 273 Å². The van der Waals surface area contributed by atoms with Crippen molar-refractivity contribution in [1.82, 2.24) is 0 Å². The van der Waals surface area contributed by atoms with Gasteiger partial charge in [0.1, 0.15) is 18.6 Å². The zero-order chi connectivity index (χ0) is 31.7. The van der Waals surface area contributed by atoms with Crippen LogP contribution >= 0.6 is 0 Å². The summed E-state index contributed by atoms with van der Waals surface area (Å²) in [7, 11) is 0. The quantitative estimate of drug-likeness (QED) is 0.299. The molecule has 2 fully saturated rings. The van der Waals surface area contributed by atoms with Gasteiger partial charge in [0.15, 0.2) is 11.8 Å². The summed E-state index contributed by atoms with van der Waals surface area (Å²) in [5.41, 5.74) is 4.94. The second-order valence-corrected chi connectivity index (χ2v) is 16.8. The molecule has 0 radical (unpaired) electrons. The predicted octanol–water partition coefficient (Wildman–Crippen LogP) is 9.81. The van der Waals surface area contributed by atoms with Gasteiger partial charge in [-0.15, -0.1) is 0 Å². The second-order valence-electron chi connectivity index (χ2n) is 16.8. The Morgan fingerprint density at radius 3 is 1.22 bits per heavy atom. The molecule has 2 aromatic rings. The fourth-order valence-electron chi connectivity index (χ4n) is 8.22. The molecule has 0 bridgehead atoms. The summed E-state index contributed by atoms with van der Waals surface area (Å²) >= 11 is 0. The van der Waals surface area contributed by atoms with Crippen LogP contribution in [0.15, 0.2) is 58.5 Å². The van der Waals surface area contributed by atoms with Gasteiger partial charge in [-0.25, -0.2) is 9.98 Å². The summed E-state index contributed by atoms with van der Waals surface area (Å²) in [5.74, 6) is 2.96. The molecule has 4 nitrogen and oxygen atoms in total. The molecular weight excluding hydrogens is 552 g/mol. The van der Waals surface area contributed by atoms with Crippen LogP contribution in [0.3, 0.4) is 0 Å². The van der Waals surface area contributed by atoms with E-state index in [-0.39, 0.29) is 22.9 Å². The van der Waals surface area contributed by atoms with Crippen molar-refractivity contribution in [3.05, 3.63) is 70.8 Å². The molecule has 0 amide bonds. The fourth-order valence-corrected chi connectivity index (χ4v) is 8.22. The molecule has 2 aromatic carbocycles. The van der Waals surface area contributed by atoms with E-state index in [1.165, 1.54) is 86.5 Å². The van der Waals surface area contributed by atoms with Gasteiger partial charge in [-0.2, -0.15) is 0 Å². The summed E-state index contributed by atoms with van der Waals surface area (Å²) < 4.78 is 13.5. The average molecular weight is 611 g/mol. The molecule has 0 spiro atoms. The predicted molar refractivity (Wildman–Crippen MR) is 188 cm³/mol. The normalized spacial score (nSPS) is 23.8. The monoisotopic (exact) mass is 610 g/mol. The van der Waals surface area contributed by atoms with E-state index in [0.717, 1.165) is 24.6 Å². The molecule has 2 aliphatic carbocycles. The lowest BCUT2D eigenvalue weighted by Crippen LogP contribution is -2.44. The SMILES string of the molecule is CC(C)(C)c1ccc(CC(Cc2ccc(C(C)(C)C)cc2)(C2=N[C@@H](C3CCCCC3)CO2)C2=N[C@@H](C3CCCCC3)CO2)cc1. The third-order valence-corrected chi connectivity index (χ3v) is 11.2. The molecule has 0 saturated heterocycles. The second kappa shape index (κ2) is 13.2. The zero-order valence-corrected chi connectivity index (χ0v) is 29.0. The average Bonchev–Trinajstić information content (AvgIpc) is 3.73. The van der Waals surface area contributed by atoms with Crippen LogP contribution < -0.4 is 0 Å². The molecule has 2 aliphatic heterocycles. The first-order valence-corrected chi connectivity index (χ1v) is 18.1. The first-order chi connectivity index (χ1) is 21.5. The number of hydrogen-bond donors (Lipinski definition) is 0. The molecule has 45 heavy (non-hydrogen) atoms. The van der Waals surface area contributed by atoms with Crippen LogP contribution in [0.5, 0.6) is 0 Å². The fraction of sp³-hybridized carbons (Fsp3) is 0.659. The van der Waals surface area contributed by atoms with Crippen LogP contribution in [-0.4, -0.2) is 37.1 Å². The Morgan fingerprint density at radius 2 is 0.889 bits per heavy atom. The Kier molecular flexibility index (Phi) is 9.51. The molecular formula is C41H58N2O2. The van der Waals surface area contributed by atoms with Gasteiger partial charge in [0.05, 0.1) is 12.1 Å². The van der Waals surface area contributed by atoms with Crippen molar-refractivity contribution in [1.29, 1.82) is 0 Å². The van der Waals surface area contributed by atoms with Crippen molar-refractivity contribution in [3.63, 3.8) is 0 Å². The maximum atomic E-state index is 6.77. The van der Waals surface area contributed by atoms with Crippen LogP contribution in [0.4, 0.5) is 0 Å². The molecule has 0 aromatic heterocycles. The number of rotatable bonds is 8. The summed E-state index contributed by atoms with van der Waals surface area (Å²) in [6.07, 6.45) is 14.6. The highest BCUT2D eigenvalue weighted by molar-refractivity contribution is 6.07. The van der Waals surface area contributed by atoms with Crippen LogP contribution in [0, 0.1) is 17.3 Å². The first-order valence-electron chi connectivity index (χ1n) is 18.1. The van der Waals surface area contributed by atoms with Gasteiger partial charge in [-0.05, 0) is 83.4 Å². The highest BCUT2D eigenvalue weighted by atomic mass is 16.5. The van der Waals surface area contributed by atoms with Gasteiger partial charge in [-0.1, -0.05) is 129 Å². The number of benzene rings is 2. The van der Waals surface area contributed by atoms with E-state index < -0.39 is 5.41 Å². The standard InChI is InChI=1S/C41H58N2O2/c1-39(2,3)33-21-17-29(18-22-33)25-41(26-30-19-23-34(24-20-30)40(4,5)6,37-42-35(27-44-37)31-13-9-7-10-14-31)38-43-36(28-45-38)32-15-11-8-12-16-32/h17-24,31-32,35-36H,7-16,25-28H2,1-6H3/t35-,36-/m1/s1. The lowest BCUT2D eigenvalue weighted by Gasteiger charge is -2.33. The van der Waals surface area contributed by atoms with E-state index in [9.17, 15) is 0 Å². The van der Waals surface area contributed by atoms with E-state index in [1.54, 1.807) is 0 Å². The third kappa shape index (κ3) is 7.36. The number of ether oxygens (including phenoxy) is 2. The lowest BCUT2D eigenvalue weighted by molar-refractivity contribution is 0.212. The molecule has 0 unspecified atom stereocenters. The summed E-state index contributed by atoms with van der Waals surface area (Å²) in [6, 6.07) is 19.0. The largest absolute Gasteiger partial charge is 0.478 e. The van der Waals surface area contributed by atoms with E-state index in [4.69, 9.17) is 19.5 Å². The minimum Gasteiger partial charge on any atom is -0.478 e. The van der Waals surface area contributed by atoms with E-state index >= 15 is 0 Å². The first kappa shape index (κ1) is 32.3. The van der Waals surface area contributed by atoms with E-state index in [0.29, 0.717) is 25.0 Å². The highest BCUT2D eigenvalue weighted by Gasteiger charge is 2.50. The van der Waals surface area contributed by atoms with Crippen molar-refractivity contribution in [2.75, 3.05) is 13.2 Å². The Morgan fingerprint density at radius 1 is 0.533 bits per heavy atom. The number of hydrogen-bond acceptors (Lipinski definition) is 4. The number of aliphatic imine (C=N–C) groups is 2. The molecule has 4 aliphatic rings. The van der Waals surface area contributed by atoms with Crippen molar-refractivity contribution < 1.29 is 9.47 Å². The van der Waals surface area contributed by atoms with Crippen molar-refractivity contribution in [2.45, 2.75) is 142 Å². The maximum absolute atomic E-state index is 6.77. The highest BCUT2D eigenvalue weighted by Crippen LogP contribution is 2.42. The van der Waals surface area contributed by atoms with Gasteiger partial charge >= 0.3 is 0 Å². The summed E-state index contributed by atoms with van der Waals surface area (Å²) in [4.78, 5) is 11.0. The van der Waals surface area contributed by atoms with Crippen LogP contribution in [0.25, 0.3) is 0 Å². The Hall–Kier alpha value is -2.62. The maximum Gasteiger partial charge on any atom is 0.200 e. The molecule has 4 heteroatoms. The summed E-state index contributed by atoms with van der Waals surface area (Å²) in [6.45, 7) is 15.1. The Bertz CT molecular complexity index is 1220. The van der Waals surface area contributed by atoms with Gasteiger partial charge < -0.3 is 9.47 Å². The molecule has 2 atom stereocenters. The van der Waals surface area contributed by atoms with Crippen LogP contribution in [0.2, 0.25) is 0 Å². The Balaban J connectivity index is 1.43. The zero-order valence-electron chi connectivity index (χ0n) is 29.0. The van der Waals surface area contributed by atoms with Gasteiger partial charge in [0.25, 0.3) is 0 Å². The smallest absolute Gasteiger partial charge is 0.200 e. The molecule has 6 rings (SSSR count). The van der Waals surface area contributed by atoms with Crippen molar-refractivity contribution >= 4 is 11.8 Å². The minimum atomic E-state index is -0.570. The van der Waals surface area contributed by atoms with Gasteiger partial charge in [0, 0.05) is 0 Å². The van der Waals surface area contributed by atoms with Crippen molar-refractivity contribution in [2.24, 2.45) is 27.2 Å². The molecule has 2 heterocycles. The van der Waals surface area contributed by atoms with E-state index in [1.807, 2.05) is 0 Å². The molecule has 0 N–H and O–H groups in total. The lowest BCUT2D eigenvalue weighted by atomic mass is 9.74. The van der Waals surface area contributed by atoms with E-state index in [2.05, 4.69) is 90.1 Å². The molecule has 2 saturated carbocycles. The number of nitrogens with zero attached hydrogens (tertiary/aromatic N) is 2. The van der Waals surface area contributed by atoms with Crippen molar-refractivity contribution in [3.8, 4) is 0 Å². The van der Waals surface area contributed by atoms with Gasteiger partial charge in [0.2, 0.25) is 0 Å². The molecule has 244 valence electrons. The summed E-state index contributed by atoms with van der Waals surface area (Å²) in [5, 5.41) is 0. The topological polar surface area (TPSA) is 43.2 Å². The third-order valence-electron chi connectivity index (χ3n) is 11.2. The van der Waals surface area contributed by atoms with Crippen LogP contribution in [-0.2, 0) is 33.1 Å².